The number of phenolic OH excluding ortho intramolecular Hbond substituents is 1. The van der Waals surface area contributed by atoms with Crippen molar-refractivity contribution in [3.8, 4) is 17.0 Å². The van der Waals surface area contributed by atoms with E-state index in [0.717, 1.165) is 16.6 Å². The van der Waals surface area contributed by atoms with E-state index < -0.39 is 0 Å². The van der Waals surface area contributed by atoms with E-state index in [1.54, 1.807) is 12.1 Å². The number of aromatic nitrogens is 1. The van der Waals surface area contributed by atoms with Crippen molar-refractivity contribution in [1.82, 2.24) is 4.98 Å². The number of aromatic amines is 1. The summed E-state index contributed by atoms with van der Waals surface area (Å²) in [4.78, 5) is 3.24. The van der Waals surface area contributed by atoms with Crippen LogP contribution in [0.15, 0.2) is 42.5 Å². The SMILES string of the molecule is Oc1c(-c2cc3ccccc3[nH]2)ccc(Cl)c1Cl. The Morgan fingerprint density at radius 2 is 1.78 bits per heavy atom. The third-order valence-electron chi connectivity index (χ3n) is 2.89. The van der Waals surface area contributed by atoms with Gasteiger partial charge in [-0.05, 0) is 24.3 Å². The molecule has 18 heavy (non-hydrogen) atoms. The molecule has 3 rings (SSSR count). The quantitative estimate of drug-likeness (QED) is 0.656. The molecule has 0 aliphatic heterocycles. The van der Waals surface area contributed by atoms with Crippen LogP contribution in [-0.4, -0.2) is 10.1 Å². The number of para-hydroxylation sites is 1. The van der Waals surface area contributed by atoms with Gasteiger partial charge in [0.25, 0.3) is 0 Å². The highest BCUT2D eigenvalue weighted by atomic mass is 35.5. The predicted molar refractivity (Wildman–Crippen MR) is 75.4 cm³/mol. The highest BCUT2D eigenvalue weighted by Gasteiger charge is 2.12. The molecule has 0 spiro atoms. The summed E-state index contributed by atoms with van der Waals surface area (Å²) in [5.41, 5.74) is 2.46. The van der Waals surface area contributed by atoms with Gasteiger partial charge in [-0.25, -0.2) is 0 Å². The van der Waals surface area contributed by atoms with Crippen molar-refractivity contribution in [2.24, 2.45) is 0 Å². The number of hydrogen-bond donors (Lipinski definition) is 2. The topological polar surface area (TPSA) is 36.0 Å². The minimum atomic E-state index is -0.00396. The summed E-state index contributed by atoms with van der Waals surface area (Å²) >= 11 is 11.8. The second kappa shape index (κ2) is 4.23. The Balaban J connectivity index is 2.23. The maximum atomic E-state index is 10.0. The molecule has 0 atom stereocenters. The van der Waals surface area contributed by atoms with Crippen molar-refractivity contribution < 1.29 is 5.11 Å². The molecule has 0 aliphatic rings. The van der Waals surface area contributed by atoms with Crippen molar-refractivity contribution in [2.45, 2.75) is 0 Å². The molecule has 1 heterocycles. The lowest BCUT2D eigenvalue weighted by Gasteiger charge is -2.05. The van der Waals surface area contributed by atoms with Crippen molar-refractivity contribution in [3.63, 3.8) is 0 Å². The first-order chi connectivity index (χ1) is 8.66. The molecule has 0 saturated carbocycles. The molecule has 0 saturated heterocycles. The monoisotopic (exact) mass is 277 g/mol. The van der Waals surface area contributed by atoms with Crippen LogP contribution in [0.2, 0.25) is 10.0 Å². The molecule has 0 unspecified atom stereocenters. The Bertz CT molecular complexity index is 701. The van der Waals surface area contributed by atoms with Gasteiger partial charge in [-0.3, -0.25) is 0 Å². The Morgan fingerprint density at radius 3 is 2.56 bits per heavy atom. The molecule has 3 aromatic rings. The van der Waals surface area contributed by atoms with Crippen molar-refractivity contribution >= 4 is 34.1 Å². The first-order valence-electron chi connectivity index (χ1n) is 5.42. The Hall–Kier alpha value is -1.64. The van der Waals surface area contributed by atoms with Crippen LogP contribution < -0.4 is 0 Å². The molecule has 0 radical (unpaired) electrons. The van der Waals surface area contributed by atoms with Crippen molar-refractivity contribution in [3.05, 3.63) is 52.5 Å². The summed E-state index contributed by atoms with van der Waals surface area (Å²) < 4.78 is 0. The van der Waals surface area contributed by atoms with E-state index in [-0.39, 0.29) is 10.8 Å². The van der Waals surface area contributed by atoms with Gasteiger partial charge < -0.3 is 10.1 Å². The summed E-state index contributed by atoms with van der Waals surface area (Å²) in [5.74, 6) is -0.00396. The lowest BCUT2D eigenvalue weighted by Crippen LogP contribution is -1.80. The lowest BCUT2D eigenvalue weighted by molar-refractivity contribution is 0.477. The van der Waals surface area contributed by atoms with E-state index in [2.05, 4.69) is 4.98 Å². The molecule has 0 fully saturated rings. The zero-order valence-corrected chi connectivity index (χ0v) is 10.8. The molecule has 2 nitrogen and oxygen atoms in total. The van der Waals surface area contributed by atoms with Crippen LogP contribution in [-0.2, 0) is 0 Å². The summed E-state index contributed by atoms with van der Waals surface area (Å²) in [6.07, 6.45) is 0. The number of rotatable bonds is 1. The van der Waals surface area contributed by atoms with E-state index in [1.165, 1.54) is 0 Å². The summed E-state index contributed by atoms with van der Waals surface area (Å²) in [7, 11) is 0. The molecule has 0 bridgehead atoms. The normalized spacial score (nSPS) is 11.0. The molecular formula is C14H9Cl2NO. The minimum absolute atomic E-state index is 0.00396. The van der Waals surface area contributed by atoms with Crippen molar-refractivity contribution in [2.75, 3.05) is 0 Å². The first kappa shape index (κ1) is 11.5. The summed E-state index contributed by atoms with van der Waals surface area (Å²) in [6, 6.07) is 13.3. The predicted octanol–water partition coefficient (Wildman–Crippen LogP) is 4.85. The van der Waals surface area contributed by atoms with E-state index in [0.29, 0.717) is 10.6 Å². The largest absolute Gasteiger partial charge is 0.506 e. The molecule has 0 aliphatic carbocycles. The third-order valence-corrected chi connectivity index (χ3v) is 3.68. The molecule has 0 amide bonds. The van der Waals surface area contributed by atoms with Crippen LogP contribution in [0.1, 0.15) is 0 Å². The fourth-order valence-electron chi connectivity index (χ4n) is 1.98. The fraction of sp³-hybridized carbons (Fsp3) is 0. The van der Waals surface area contributed by atoms with Gasteiger partial charge in [-0.15, -0.1) is 0 Å². The molecule has 2 aromatic carbocycles. The van der Waals surface area contributed by atoms with Crippen molar-refractivity contribution in [1.29, 1.82) is 0 Å². The van der Waals surface area contributed by atoms with Gasteiger partial charge in [0.2, 0.25) is 0 Å². The van der Waals surface area contributed by atoms with Gasteiger partial charge in [0.15, 0.2) is 0 Å². The number of H-pyrrole nitrogens is 1. The van der Waals surface area contributed by atoms with Gasteiger partial charge in [-0.2, -0.15) is 0 Å². The second-order valence-corrected chi connectivity index (χ2v) is 4.81. The van der Waals surface area contributed by atoms with E-state index in [4.69, 9.17) is 23.2 Å². The lowest BCUT2D eigenvalue weighted by atomic mass is 10.1. The Labute approximate surface area is 114 Å². The van der Waals surface area contributed by atoms with Crippen LogP contribution in [0, 0.1) is 0 Å². The van der Waals surface area contributed by atoms with Crippen LogP contribution in [0.5, 0.6) is 5.75 Å². The highest BCUT2D eigenvalue weighted by molar-refractivity contribution is 6.43. The van der Waals surface area contributed by atoms with E-state index >= 15 is 0 Å². The molecular weight excluding hydrogens is 269 g/mol. The van der Waals surface area contributed by atoms with E-state index in [9.17, 15) is 5.11 Å². The number of phenols is 1. The molecule has 2 N–H and O–H groups in total. The van der Waals surface area contributed by atoms with Gasteiger partial charge in [0.1, 0.15) is 10.8 Å². The first-order valence-corrected chi connectivity index (χ1v) is 6.17. The Kier molecular flexibility index (Phi) is 2.69. The number of hydrogen-bond acceptors (Lipinski definition) is 1. The summed E-state index contributed by atoms with van der Waals surface area (Å²) in [6.45, 7) is 0. The number of aromatic hydroxyl groups is 1. The number of fused-ring (bicyclic) bond motifs is 1. The van der Waals surface area contributed by atoms with Crippen LogP contribution >= 0.6 is 23.2 Å². The number of halogens is 2. The van der Waals surface area contributed by atoms with Crippen LogP contribution in [0.3, 0.4) is 0 Å². The maximum absolute atomic E-state index is 10.0. The van der Waals surface area contributed by atoms with Gasteiger partial charge in [-0.1, -0.05) is 41.4 Å². The zero-order valence-electron chi connectivity index (χ0n) is 9.24. The number of benzene rings is 2. The standard InChI is InChI=1S/C14H9Cl2NO/c15-10-6-5-9(14(18)13(10)16)12-7-8-3-1-2-4-11(8)17-12/h1-7,17-18H. The van der Waals surface area contributed by atoms with Crippen LogP contribution in [0.4, 0.5) is 0 Å². The second-order valence-electron chi connectivity index (χ2n) is 4.03. The number of nitrogens with one attached hydrogen (secondary N) is 1. The van der Waals surface area contributed by atoms with Gasteiger partial charge in [0, 0.05) is 16.5 Å². The van der Waals surface area contributed by atoms with Gasteiger partial charge in [0.05, 0.1) is 10.7 Å². The molecule has 4 heteroatoms. The minimum Gasteiger partial charge on any atom is -0.506 e. The fourth-order valence-corrected chi connectivity index (χ4v) is 2.29. The zero-order chi connectivity index (χ0) is 12.7. The summed E-state index contributed by atoms with van der Waals surface area (Å²) in [5, 5.41) is 11.6. The van der Waals surface area contributed by atoms with E-state index in [1.807, 2.05) is 30.3 Å². The maximum Gasteiger partial charge on any atom is 0.145 e. The Morgan fingerprint density at radius 1 is 1.00 bits per heavy atom. The molecule has 1 aromatic heterocycles. The third kappa shape index (κ3) is 1.74. The average molecular weight is 278 g/mol. The van der Waals surface area contributed by atoms with Gasteiger partial charge >= 0.3 is 0 Å². The average Bonchev–Trinajstić information content (AvgIpc) is 2.79. The smallest absolute Gasteiger partial charge is 0.145 e. The molecule has 90 valence electrons. The highest BCUT2D eigenvalue weighted by Crippen LogP contribution is 2.39. The van der Waals surface area contributed by atoms with Crippen LogP contribution in [0.25, 0.3) is 22.2 Å².